The first-order valence-electron chi connectivity index (χ1n) is 6.32. The fraction of sp³-hybridized carbons (Fsp3) is 0.533. The minimum Gasteiger partial charge on any atom is -0.299 e. The molecule has 1 aromatic rings. The van der Waals surface area contributed by atoms with Crippen LogP contribution in [0.25, 0.3) is 0 Å². The molecule has 1 rings (SSSR count). The summed E-state index contributed by atoms with van der Waals surface area (Å²) in [5, 5.41) is 0. The van der Waals surface area contributed by atoms with E-state index < -0.39 is 0 Å². The van der Waals surface area contributed by atoms with Gasteiger partial charge in [0, 0.05) is 5.56 Å². The van der Waals surface area contributed by atoms with Crippen LogP contribution in [0.15, 0.2) is 18.2 Å². The van der Waals surface area contributed by atoms with Gasteiger partial charge in [-0.15, -0.1) is 0 Å². The maximum atomic E-state index is 12.2. The van der Waals surface area contributed by atoms with Gasteiger partial charge in [-0.3, -0.25) is 9.69 Å². The second-order valence-corrected chi connectivity index (χ2v) is 5.81. The molecule has 2 nitrogen and oxygen atoms in total. The van der Waals surface area contributed by atoms with Gasteiger partial charge in [0.15, 0.2) is 5.78 Å². The van der Waals surface area contributed by atoms with Gasteiger partial charge in [0.25, 0.3) is 0 Å². The van der Waals surface area contributed by atoms with Crippen molar-refractivity contribution < 1.29 is 4.79 Å². The SMILES string of the molecule is CSCCCN(C)CC(=O)c1ccc(C)cc1C. The molecule has 0 radical (unpaired) electrons. The van der Waals surface area contributed by atoms with Crippen LogP contribution in [0, 0.1) is 13.8 Å². The molecule has 0 heterocycles. The summed E-state index contributed by atoms with van der Waals surface area (Å²) in [5.74, 6) is 1.38. The monoisotopic (exact) mass is 265 g/mol. The number of aryl methyl sites for hydroxylation is 2. The lowest BCUT2D eigenvalue weighted by atomic mass is 10.0. The van der Waals surface area contributed by atoms with Gasteiger partial charge in [0.05, 0.1) is 6.54 Å². The molecule has 18 heavy (non-hydrogen) atoms. The molecular formula is C15H23NOS. The number of Topliss-reactive ketones (excluding diaryl/α,β-unsaturated/α-hetero) is 1. The number of hydrogen-bond acceptors (Lipinski definition) is 3. The van der Waals surface area contributed by atoms with Crippen LogP contribution in [-0.2, 0) is 0 Å². The summed E-state index contributed by atoms with van der Waals surface area (Å²) < 4.78 is 0. The van der Waals surface area contributed by atoms with Crippen LogP contribution in [-0.4, -0.2) is 42.8 Å². The largest absolute Gasteiger partial charge is 0.299 e. The number of carbonyl (C=O) groups excluding carboxylic acids is 1. The average molecular weight is 265 g/mol. The molecule has 0 saturated heterocycles. The van der Waals surface area contributed by atoms with E-state index in [9.17, 15) is 4.79 Å². The summed E-state index contributed by atoms with van der Waals surface area (Å²) in [4.78, 5) is 14.3. The average Bonchev–Trinajstić information content (AvgIpc) is 2.28. The van der Waals surface area contributed by atoms with E-state index in [0.717, 1.165) is 29.8 Å². The quantitative estimate of drug-likeness (QED) is 0.558. The van der Waals surface area contributed by atoms with Crippen LogP contribution in [0.3, 0.4) is 0 Å². The van der Waals surface area contributed by atoms with Crippen molar-refractivity contribution in [3.8, 4) is 0 Å². The van der Waals surface area contributed by atoms with Crippen molar-refractivity contribution in [1.82, 2.24) is 4.90 Å². The summed E-state index contributed by atoms with van der Waals surface area (Å²) in [6.07, 6.45) is 3.25. The standard InChI is InChI=1S/C15H23NOS/c1-12-6-7-14(13(2)10-12)15(17)11-16(3)8-5-9-18-4/h6-7,10H,5,8-9,11H2,1-4H3. The highest BCUT2D eigenvalue weighted by molar-refractivity contribution is 7.98. The molecule has 0 bridgehead atoms. The number of rotatable bonds is 7. The number of benzene rings is 1. The van der Waals surface area contributed by atoms with Gasteiger partial charge in [-0.25, -0.2) is 0 Å². The molecule has 0 amide bonds. The Balaban J connectivity index is 2.54. The highest BCUT2D eigenvalue weighted by atomic mass is 32.2. The maximum Gasteiger partial charge on any atom is 0.177 e. The molecule has 0 atom stereocenters. The van der Waals surface area contributed by atoms with Crippen LogP contribution in [0.2, 0.25) is 0 Å². The van der Waals surface area contributed by atoms with Crippen molar-refractivity contribution in [3.05, 3.63) is 34.9 Å². The number of nitrogens with zero attached hydrogens (tertiary/aromatic N) is 1. The van der Waals surface area contributed by atoms with E-state index in [1.165, 1.54) is 5.56 Å². The van der Waals surface area contributed by atoms with Gasteiger partial charge >= 0.3 is 0 Å². The van der Waals surface area contributed by atoms with Gasteiger partial charge < -0.3 is 0 Å². The molecule has 0 aliphatic heterocycles. The van der Waals surface area contributed by atoms with E-state index in [4.69, 9.17) is 0 Å². The Bertz CT molecular complexity index is 403. The molecule has 0 saturated carbocycles. The molecule has 0 fully saturated rings. The number of carbonyl (C=O) groups is 1. The molecule has 0 N–H and O–H groups in total. The van der Waals surface area contributed by atoms with Crippen molar-refractivity contribution in [2.75, 3.05) is 32.1 Å². The van der Waals surface area contributed by atoms with Gasteiger partial charge in [-0.2, -0.15) is 11.8 Å². The normalized spacial score (nSPS) is 10.9. The summed E-state index contributed by atoms with van der Waals surface area (Å²) >= 11 is 1.85. The Hall–Kier alpha value is -0.800. The summed E-state index contributed by atoms with van der Waals surface area (Å²) in [7, 11) is 2.02. The lowest BCUT2D eigenvalue weighted by Crippen LogP contribution is -2.27. The third-order valence-corrected chi connectivity index (χ3v) is 3.68. The predicted molar refractivity (Wildman–Crippen MR) is 80.7 cm³/mol. The van der Waals surface area contributed by atoms with Crippen LogP contribution in [0.4, 0.5) is 0 Å². The second-order valence-electron chi connectivity index (χ2n) is 4.83. The Morgan fingerprint density at radius 1 is 1.33 bits per heavy atom. The van der Waals surface area contributed by atoms with Crippen molar-refractivity contribution in [2.45, 2.75) is 20.3 Å². The third kappa shape index (κ3) is 4.83. The van der Waals surface area contributed by atoms with Crippen molar-refractivity contribution in [1.29, 1.82) is 0 Å². The topological polar surface area (TPSA) is 20.3 Å². The van der Waals surface area contributed by atoms with Crippen molar-refractivity contribution in [2.24, 2.45) is 0 Å². The summed E-state index contributed by atoms with van der Waals surface area (Å²) in [6.45, 7) is 5.56. The molecule has 3 heteroatoms. The summed E-state index contributed by atoms with van der Waals surface area (Å²) in [5.41, 5.74) is 3.15. The lowest BCUT2D eigenvalue weighted by molar-refractivity contribution is 0.0946. The molecule has 0 aliphatic rings. The maximum absolute atomic E-state index is 12.2. The zero-order valence-electron chi connectivity index (χ0n) is 11.8. The molecule has 0 aliphatic carbocycles. The van der Waals surface area contributed by atoms with E-state index in [2.05, 4.69) is 24.1 Å². The fourth-order valence-electron chi connectivity index (χ4n) is 2.01. The Kier molecular flexibility index (Phi) is 6.44. The van der Waals surface area contributed by atoms with E-state index in [1.807, 2.05) is 37.9 Å². The lowest BCUT2D eigenvalue weighted by Gasteiger charge is -2.16. The van der Waals surface area contributed by atoms with Gasteiger partial charge in [0.2, 0.25) is 0 Å². The first-order valence-corrected chi connectivity index (χ1v) is 7.72. The van der Waals surface area contributed by atoms with Crippen LogP contribution < -0.4 is 0 Å². The highest BCUT2D eigenvalue weighted by Crippen LogP contribution is 2.11. The van der Waals surface area contributed by atoms with Crippen LogP contribution in [0.1, 0.15) is 27.9 Å². The molecular weight excluding hydrogens is 242 g/mol. The Morgan fingerprint density at radius 3 is 2.67 bits per heavy atom. The van der Waals surface area contributed by atoms with Gasteiger partial charge in [-0.1, -0.05) is 23.8 Å². The Morgan fingerprint density at radius 2 is 2.06 bits per heavy atom. The molecule has 0 unspecified atom stereocenters. The van der Waals surface area contributed by atoms with Crippen molar-refractivity contribution in [3.63, 3.8) is 0 Å². The zero-order chi connectivity index (χ0) is 13.5. The minimum absolute atomic E-state index is 0.221. The Labute approximate surface area is 115 Å². The second kappa shape index (κ2) is 7.59. The molecule has 0 aromatic heterocycles. The van der Waals surface area contributed by atoms with E-state index in [1.54, 1.807) is 0 Å². The first-order chi connectivity index (χ1) is 8.54. The number of likely N-dealkylation sites (N-methyl/N-ethyl adjacent to an activating group) is 1. The summed E-state index contributed by atoms with van der Waals surface area (Å²) in [6, 6.07) is 6.03. The molecule has 100 valence electrons. The number of thioether (sulfide) groups is 1. The van der Waals surface area contributed by atoms with Crippen LogP contribution in [0.5, 0.6) is 0 Å². The van der Waals surface area contributed by atoms with E-state index in [0.29, 0.717) is 6.54 Å². The van der Waals surface area contributed by atoms with Crippen LogP contribution >= 0.6 is 11.8 Å². The molecule has 1 aromatic carbocycles. The zero-order valence-corrected chi connectivity index (χ0v) is 12.6. The van der Waals surface area contributed by atoms with E-state index in [-0.39, 0.29) is 5.78 Å². The fourth-order valence-corrected chi connectivity index (χ4v) is 2.43. The highest BCUT2D eigenvalue weighted by Gasteiger charge is 2.11. The first kappa shape index (κ1) is 15.3. The van der Waals surface area contributed by atoms with Gasteiger partial charge in [-0.05, 0) is 51.4 Å². The number of ketones is 1. The minimum atomic E-state index is 0.221. The molecule has 0 spiro atoms. The predicted octanol–water partition coefficient (Wildman–Crippen LogP) is 3.17. The third-order valence-electron chi connectivity index (χ3n) is 2.98. The van der Waals surface area contributed by atoms with E-state index >= 15 is 0 Å². The number of hydrogen-bond donors (Lipinski definition) is 0. The van der Waals surface area contributed by atoms with Gasteiger partial charge in [0.1, 0.15) is 0 Å². The smallest absolute Gasteiger partial charge is 0.177 e. The van der Waals surface area contributed by atoms with Crippen molar-refractivity contribution >= 4 is 17.5 Å².